The number of rotatable bonds is 9. The quantitative estimate of drug-likeness (QED) is 0.467. The zero-order valence-corrected chi connectivity index (χ0v) is 12.6. The fourth-order valence-electron chi connectivity index (χ4n) is 2.67. The first-order chi connectivity index (χ1) is 9.78. The molecule has 0 aliphatic rings. The lowest BCUT2D eigenvalue weighted by Gasteiger charge is -2.21. The molecular formula is C20H26. The maximum Gasteiger partial charge on any atom is -0.00944 e. The van der Waals surface area contributed by atoms with E-state index in [1.165, 1.54) is 16.7 Å². The van der Waals surface area contributed by atoms with E-state index in [9.17, 15) is 0 Å². The first-order valence-electron chi connectivity index (χ1n) is 7.38. The molecule has 1 rings (SSSR count). The van der Waals surface area contributed by atoms with Crippen LogP contribution in [0.25, 0.3) is 5.57 Å². The maximum atomic E-state index is 3.93. The molecule has 0 nitrogen and oxygen atoms in total. The summed E-state index contributed by atoms with van der Waals surface area (Å²) in [5.41, 5.74) is 4.18. The lowest BCUT2D eigenvalue weighted by Crippen LogP contribution is -2.05. The van der Waals surface area contributed by atoms with Crippen molar-refractivity contribution in [1.29, 1.82) is 0 Å². The summed E-state index contributed by atoms with van der Waals surface area (Å²) in [5, 5.41) is 0. The summed E-state index contributed by atoms with van der Waals surface area (Å²) in [6, 6.07) is 10.6. The van der Waals surface area contributed by atoms with Gasteiger partial charge in [-0.1, -0.05) is 61.1 Å². The molecule has 0 heteroatoms. The van der Waals surface area contributed by atoms with Crippen LogP contribution in [0.15, 0.2) is 73.9 Å². The van der Waals surface area contributed by atoms with E-state index in [0.717, 1.165) is 25.7 Å². The molecule has 0 saturated carbocycles. The topological polar surface area (TPSA) is 0 Å². The second kappa shape index (κ2) is 9.14. The van der Waals surface area contributed by atoms with Gasteiger partial charge in [-0.15, -0.1) is 19.7 Å². The molecular weight excluding hydrogens is 240 g/mol. The summed E-state index contributed by atoms with van der Waals surface area (Å²) in [6.07, 6.45) is 10.0. The Morgan fingerprint density at radius 1 is 1.00 bits per heavy atom. The van der Waals surface area contributed by atoms with Crippen molar-refractivity contribution in [3.63, 3.8) is 0 Å². The maximum absolute atomic E-state index is 3.93. The molecule has 0 aliphatic heterocycles. The summed E-state index contributed by atoms with van der Waals surface area (Å²) >= 11 is 0. The Bertz CT molecular complexity index is 462. The molecule has 0 aliphatic carbocycles. The van der Waals surface area contributed by atoms with Crippen LogP contribution < -0.4 is 0 Å². The van der Waals surface area contributed by atoms with E-state index in [2.05, 4.69) is 57.0 Å². The van der Waals surface area contributed by atoms with Crippen molar-refractivity contribution in [1.82, 2.24) is 0 Å². The normalized spacial score (nSPS) is 13.2. The van der Waals surface area contributed by atoms with Crippen molar-refractivity contribution in [3.05, 3.63) is 79.4 Å². The molecule has 0 spiro atoms. The van der Waals surface area contributed by atoms with Crippen LogP contribution in [0.1, 0.15) is 38.2 Å². The first kappa shape index (κ1) is 16.2. The predicted octanol–water partition coefficient (Wildman–Crippen LogP) is 6.19. The molecule has 1 atom stereocenters. The van der Waals surface area contributed by atoms with Crippen molar-refractivity contribution in [3.8, 4) is 0 Å². The SMILES string of the molecule is C=CCC(=C(CC=C)C(CC)CC=C)c1ccccc1. The van der Waals surface area contributed by atoms with Crippen molar-refractivity contribution < 1.29 is 0 Å². The smallest absolute Gasteiger partial charge is 0.00944 e. The molecule has 0 saturated heterocycles. The third-order valence-corrected chi connectivity index (χ3v) is 3.66. The van der Waals surface area contributed by atoms with Gasteiger partial charge in [0.1, 0.15) is 0 Å². The molecule has 106 valence electrons. The van der Waals surface area contributed by atoms with E-state index in [4.69, 9.17) is 0 Å². The van der Waals surface area contributed by atoms with E-state index in [-0.39, 0.29) is 0 Å². The highest BCUT2D eigenvalue weighted by Crippen LogP contribution is 2.33. The number of allylic oxidation sites excluding steroid dienone is 5. The summed E-state index contributed by atoms with van der Waals surface area (Å²) in [6.45, 7) is 14.0. The molecule has 20 heavy (non-hydrogen) atoms. The van der Waals surface area contributed by atoms with E-state index in [1.54, 1.807) is 0 Å². The van der Waals surface area contributed by atoms with E-state index in [0.29, 0.717) is 5.92 Å². The average Bonchev–Trinajstić information content (AvgIpc) is 2.49. The summed E-state index contributed by atoms with van der Waals surface area (Å²) < 4.78 is 0. The van der Waals surface area contributed by atoms with Crippen LogP contribution in [-0.4, -0.2) is 0 Å². The molecule has 0 N–H and O–H groups in total. The second-order valence-electron chi connectivity index (χ2n) is 4.98. The van der Waals surface area contributed by atoms with Gasteiger partial charge in [-0.2, -0.15) is 0 Å². The van der Waals surface area contributed by atoms with Crippen molar-refractivity contribution in [2.24, 2.45) is 5.92 Å². The Morgan fingerprint density at radius 3 is 2.15 bits per heavy atom. The highest BCUT2D eigenvalue weighted by atomic mass is 14.2. The standard InChI is InChI=1S/C20H26/c1-5-12-17(8-4)19(13-6-2)20(14-7-3)18-15-10-9-11-16-18/h5-7,9-11,15-17H,1-3,8,12-14H2,4H3. The zero-order valence-electron chi connectivity index (χ0n) is 12.6. The zero-order chi connectivity index (χ0) is 14.8. The third kappa shape index (κ3) is 4.38. The predicted molar refractivity (Wildman–Crippen MR) is 91.6 cm³/mol. The van der Waals surface area contributed by atoms with Crippen LogP contribution in [-0.2, 0) is 0 Å². The van der Waals surface area contributed by atoms with Gasteiger partial charge in [-0.05, 0) is 42.7 Å². The fourth-order valence-corrected chi connectivity index (χ4v) is 2.67. The highest BCUT2D eigenvalue weighted by molar-refractivity contribution is 5.70. The van der Waals surface area contributed by atoms with Gasteiger partial charge in [0, 0.05) is 0 Å². The number of hydrogen-bond acceptors (Lipinski definition) is 0. The lowest BCUT2D eigenvalue weighted by atomic mass is 9.83. The summed E-state index contributed by atoms with van der Waals surface area (Å²) in [4.78, 5) is 0. The second-order valence-corrected chi connectivity index (χ2v) is 4.98. The van der Waals surface area contributed by atoms with Gasteiger partial charge in [0.25, 0.3) is 0 Å². The Balaban J connectivity index is 3.33. The van der Waals surface area contributed by atoms with Crippen LogP contribution in [0.3, 0.4) is 0 Å². The first-order valence-corrected chi connectivity index (χ1v) is 7.38. The van der Waals surface area contributed by atoms with Crippen LogP contribution in [0.2, 0.25) is 0 Å². The van der Waals surface area contributed by atoms with E-state index in [1.807, 2.05) is 18.2 Å². The minimum atomic E-state index is 0.542. The van der Waals surface area contributed by atoms with Crippen molar-refractivity contribution >= 4 is 5.57 Å². The van der Waals surface area contributed by atoms with Gasteiger partial charge < -0.3 is 0 Å². The molecule has 1 unspecified atom stereocenters. The molecule has 0 amide bonds. The molecule has 0 fully saturated rings. The Kier molecular flexibility index (Phi) is 7.42. The highest BCUT2D eigenvalue weighted by Gasteiger charge is 2.15. The largest absolute Gasteiger partial charge is 0.103 e. The number of benzene rings is 1. The minimum Gasteiger partial charge on any atom is -0.103 e. The molecule has 0 bridgehead atoms. The van der Waals surface area contributed by atoms with Gasteiger partial charge in [-0.25, -0.2) is 0 Å². The van der Waals surface area contributed by atoms with Crippen molar-refractivity contribution in [2.45, 2.75) is 32.6 Å². The Morgan fingerprint density at radius 2 is 1.65 bits per heavy atom. The Hall–Kier alpha value is -1.82. The van der Waals surface area contributed by atoms with Crippen LogP contribution in [0.5, 0.6) is 0 Å². The average molecular weight is 266 g/mol. The van der Waals surface area contributed by atoms with Gasteiger partial charge in [0.05, 0.1) is 0 Å². The molecule has 1 aromatic rings. The number of hydrogen-bond donors (Lipinski definition) is 0. The summed E-state index contributed by atoms with van der Waals surface area (Å²) in [5.74, 6) is 0.542. The van der Waals surface area contributed by atoms with Gasteiger partial charge in [-0.3, -0.25) is 0 Å². The van der Waals surface area contributed by atoms with Gasteiger partial charge >= 0.3 is 0 Å². The molecule has 0 heterocycles. The van der Waals surface area contributed by atoms with Crippen LogP contribution in [0.4, 0.5) is 0 Å². The van der Waals surface area contributed by atoms with E-state index >= 15 is 0 Å². The van der Waals surface area contributed by atoms with Crippen LogP contribution in [0, 0.1) is 5.92 Å². The monoisotopic (exact) mass is 266 g/mol. The van der Waals surface area contributed by atoms with Gasteiger partial charge in [0.2, 0.25) is 0 Å². The molecule has 1 aromatic carbocycles. The van der Waals surface area contributed by atoms with Gasteiger partial charge in [0.15, 0.2) is 0 Å². The minimum absolute atomic E-state index is 0.542. The van der Waals surface area contributed by atoms with E-state index < -0.39 is 0 Å². The summed E-state index contributed by atoms with van der Waals surface area (Å²) in [7, 11) is 0. The molecule has 0 radical (unpaired) electrons. The fraction of sp³-hybridized carbons (Fsp3) is 0.300. The lowest BCUT2D eigenvalue weighted by molar-refractivity contribution is 0.591. The van der Waals surface area contributed by atoms with Crippen LogP contribution >= 0.6 is 0 Å². The molecule has 0 aromatic heterocycles. The Labute approximate surface area is 124 Å². The van der Waals surface area contributed by atoms with Crippen molar-refractivity contribution in [2.75, 3.05) is 0 Å². The third-order valence-electron chi connectivity index (χ3n) is 3.66.